The fourth-order valence-corrected chi connectivity index (χ4v) is 6.30. The number of morpholine rings is 1. The lowest BCUT2D eigenvalue weighted by Gasteiger charge is -2.42. The van der Waals surface area contributed by atoms with E-state index in [9.17, 15) is 0 Å². The molecule has 1 aromatic rings. The van der Waals surface area contributed by atoms with Crippen LogP contribution in [0.15, 0.2) is 35.2 Å². The Labute approximate surface area is 212 Å². The predicted molar refractivity (Wildman–Crippen MR) is 147 cm³/mol. The lowest BCUT2D eigenvalue weighted by Crippen LogP contribution is -2.48. The van der Waals surface area contributed by atoms with Crippen LogP contribution in [-0.4, -0.2) is 56.4 Å². The third kappa shape index (κ3) is 6.10. The van der Waals surface area contributed by atoms with E-state index in [4.69, 9.17) is 4.74 Å². The van der Waals surface area contributed by atoms with Gasteiger partial charge in [0.25, 0.3) is 0 Å². The molecule has 2 heterocycles. The molecule has 4 rings (SSSR count). The molecule has 1 aliphatic carbocycles. The summed E-state index contributed by atoms with van der Waals surface area (Å²) < 4.78 is 5.81. The minimum Gasteiger partial charge on any atom is -0.374 e. The quantitative estimate of drug-likeness (QED) is 0.525. The van der Waals surface area contributed by atoms with E-state index in [0.717, 1.165) is 57.2 Å². The molecule has 0 bridgehead atoms. The van der Waals surface area contributed by atoms with Crippen LogP contribution in [-0.2, 0) is 15.6 Å². The van der Waals surface area contributed by atoms with E-state index < -0.39 is 0 Å². The number of ether oxygens (including phenoxy) is 1. The lowest BCUT2D eigenvalue weighted by atomic mass is 9.63. The minimum atomic E-state index is 0.246. The maximum Gasteiger partial charge on any atom is 0.0824 e. The van der Waals surface area contributed by atoms with E-state index in [2.05, 4.69) is 80.3 Å². The molecule has 0 radical (unpaired) electrons. The molecule has 0 spiro atoms. The van der Waals surface area contributed by atoms with Crippen LogP contribution in [0.2, 0.25) is 0 Å². The number of thioether (sulfide) groups is 1. The van der Waals surface area contributed by atoms with Crippen LogP contribution in [0.3, 0.4) is 0 Å². The number of hydrogen-bond donors (Lipinski definition) is 2. The average molecular weight is 484 g/mol. The summed E-state index contributed by atoms with van der Waals surface area (Å²) in [6, 6.07) is 7.74. The zero-order valence-corrected chi connectivity index (χ0v) is 22.8. The zero-order valence-electron chi connectivity index (χ0n) is 22.0. The van der Waals surface area contributed by atoms with E-state index in [1.165, 1.54) is 35.1 Å². The fourth-order valence-electron chi connectivity index (χ4n) is 5.51. The van der Waals surface area contributed by atoms with Crippen LogP contribution in [0.25, 0.3) is 5.57 Å². The van der Waals surface area contributed by atoms with Crippen molar-refractivity contribution in [2.75, 3.05) is 39.3 Å². The zero-order chi connectivity index (χ0) is 24.3. The van der Waals surface area contributed by atoms with Gasteiger partial charge in [-0.3, -0.25) is 0 Å². The first-order valence-corrected chi connectivity index (χ1v) is 14.0. The van der Waals surface area contributed by atoms with E-state index in [0.29, 0.717) is 12.1 Å². The highest BCUT2D eigenvalue weighted by atomic mass is 32.2. The molecule has 5 heteroatoms. The maximum atomic E-state index is 5.81. The van der Waals surface area contributed by atoms with Crippen molar-refractivity contribution in [1.82, 2.24) is 15.5 Å². The van der Waals surface area contributed by atoms with E-state index >= 15 is 0 Å². The van der Waals surface area contributed by atoms with Crippen LogP contribution in [0.4, 0.5) is 0 Å². The second-order valence-corrected chi connectivity index (χ2v) is 12.6. The molecule has 1 aromatic carbocycles. The number of allylic oxidation sites excluding steroid dienone is 1. The molecule has 2 fully saturated rings. The SMILES string of the molecule is C=C(S/C=C(\C)c1ccc2c(c1)C(C)(C)CCC2(C)C)N1CCC(NCC2CNCCO2)CC1. The second kappa shape index (κ2) is 10.8. The topological polar surface area (TPSA) is 36.5 Å². The van der Waals surface area contributed by atoms with Crippen LogP contribution < -0.4 is 10.6 Å². The normalized spacial score (nSPS) is 25.1. The first kappa shape index (κ1) is 25.8. The monoisotopic (exact) mass is 483 g/mol. The van der Waals surface area contributed by atoms with Gasteiger partial charge in [0, 0.05) is 38.8 Å². The van der Waals surface area contributed by atoms with Gasteiger partial charge in [0.15, 0.2) is 0 Å². The summed E-state index contributed by atoms with van der Waals surface area (Å²) in [4.78, 5) is 2.45. The van der Waals surface area contributed by atoms with E-state index in [1.54, 1.807) is 11.8 Å². The Morgan fingerprint density at radius 2 is 1.88 bits per heavy atom. The smallest absolute Gasteiger partial charge is 0.0824 e. The molecule has 0 aromatic heterocycles. The molecule has 1 unspecified atom stereocenters. The first-order chi connectivity index (χ1) is 16.2. The Kier molecular flexibility index (Phi) is 8.18. The number of rotatable bonds is 7. The van der Waals surface area contributed by atoms with Crippen molar-refractivity contribution in [3.05, 3.63) is 51.9 Å². The summed E-state index contributed by atoms with van der Waals surface area (Å²) in [6.45, 7) is 22.1. The largest absolute Gasteiger partial charge is 0.374 e. The Morgan fingerprint density at radius 3 is 2.56 bits per heavy atom. The van der Waals surface area contributed by atoms with Crippen molar-refractivity contribution >= 4 is 17.3 Å². The maximum absolute atomic E-state index is 5.81. The van der Waals surface area contributed by atoms with E-state index in [-0.39, 0.29) is 10.8 Å². The molecule has 1 atom stereocenters. The molecular formula is C29H45N3OS. The van der Waals surface area contributed by atoms with Gasteiger partial charge in [-0.05, 0) is 71.1 Å². The van der Waals surface area contributed by atoms with Gasteiger partial charge in [0.1, 0.15) is 0 Å². The molecule has 0 amide bonds. The highest BCUT2D eigenvalue weighted by Crippen LogP contribution is 2.46. The van der Waals surface area contributed by atoms with Crippen molar-refractivity contribution in [1.29, 1.82) is 0 Å². The number of nitrogens with zero attached hydrogens (tertiary/aromatic N) is 1. The number of nitrogens with one attached hydrogen (secondary N) is 2. The molecule has 4 nitrogen and oxygen atoms in total. The standard InChI is InChI=1S/C29H45N3OS/c1-21(23-7-8-26-27(17-23)29(5,6)12-11-28(26,3)4)20-34-22(2)32-14-9-24(10-15-32)31-19-25-18-30-13-16-33-25/h7-8,17,20,24-25,30-31H,2,9-16,18-19H2,1,3-6H3/b21-20+. The van der Waals surface area contributed by atoms with Crippen LogP contribution in [0.5, 0.6) is 0 Å². The number of benzene rings is 1. The Balaban J connectivity index is 1.29. The number of fused-ring (bicyclic) bond motifs is 1. The highest BCUT2D eigenvalue weighted by molar-refractivity contribution is 8.05. The number of piperidine rings is 1. The molecule has 2 aliphatic heterocycles. The van der Waals surface area contributed by atoms with Crippen molar-refractivity contribution in [3.63, 3.8) is 0 Å². The van der Waals surface area contributed by atoms with Gasteiger partial charge in [-0.25, -0.2) is 0 Å². The molecule has 34 heavy (non-hydrogen) atoms. The van der Waals surface area contributed by atoms with Crippen molar-refractivity contribution < 1.29 is 4.74 Å². The van der Waals surface area contributed by atoms with Gasteiger partial charge >= 0.3 is 0 Å². The van der Waals surface area contributed by atoms with Crippen LogP contribution in [0, 0.1) is 0 Å². The predicted octanol–water partition coefficient (Wildman–Crippen LogP) is 5.64. The van der Waals surface area contributed by atoms with Gasteiger partial charge in [0.05, 0.1) is 17.7 Å². The lowest BCUT2D eigenvalue weighted by molar-refractivity contribution is 0.0263. The average Bonchev–Trinajstić information content (AvgIpc) is 2.84. The summed E-state index contributed by atoms with van der Waals surface area (Å²) in [6.07, 6.45) is 5.15. The summed E-state index contributed by atoms with van der Waals surface area (Å²) in [5.41, 5.74) is 6.24. The molecule has 3 aliphatic rings. The first-order valence-electron chi connectivity index (χ1n) is 13.1. The fraction of sp³-hybridized carbons (Fsp3) is 0.655. The van der Waals surface area contributed by atoms with Crippen LogP contribution in [0.1, 0.15) is 77.0 Å². The van der Waals surface area contributed by atoms with Gasteiger partial charge < -0.3 is 20.3 Å². The molecule has 188 valence electrons. The highest BCUT2D eigenvalue weighted by Gasteiger charge is 2.37. The van der Waals surface area contributed by atoms with Crippen molar-refractivity contribution in [2.45, 2.75) is 83.3 Å². The van der Waals surface area contributed by atoms with Crippen molar-refractivity contribution in [3.8, 4) is 0 Å². The Hall–Kier alpha value is -1.27. The minimum absolute atomic E-state index is 0.246. The number of likely N-dealkylation sites (tertiary alicyclic amines) is 1. The third-order valence-electron chi connectivity index (χ3n) is 8.17. The summed E-state index contributed by atoms with van der Waals surface area (Å²) in [5.74, 6) is 0. The van der Waals surface area contributed by atoms with Crippen LogP contribution >= 0.6 is 11.8 Å². The Morgan fingerprint density at radius 1 is 1.18 bits per heavy atom. The van der Waals surface area contributed by atoms with Gasteiger partial charge in [0.2, 0.25) is 0 Å². The summed E-state index contributed by atoms with van der Waals surface area (Å²) >= 11 is 1.78. The van der Waals surface area contributed by atoms with E-state index in [1.807, 2.05) is 0 Å². The molecule has 2 saturated heterocycles. The molecular weight excluding hydrogens is 438 g/mol. The summed E-state index contributed by atoms with van der Waals surface area (Å²) in [5, 5.41) is 10.6. The molecule has 0 saturated carbocycles. The molecule has 2 N–H and O–H groups in total. The van der Waals surface area contributed by atoms with Gasteiger partial charge in [-0.1, -0.05) is 64.2 Å². The summed E-state index contributed by atoms with van der Waals surface area (Å²) in [7, 11) is 0. The Bertz CT molecular complexity index is 893. The number of hydrogen-bond acceptors (Lipinski definition) is 5. The van der Waals surface area contributed by atoms with Gasteiger partial charge in [-0.15, -0.1) is 0 Å². The van der Waals surface area contributed by atoms with Crippen molar-refractivity contribution in [2.24, 2.45) is 0 Å². The third-order valence-corrected chi connectivity index (χ3v) is 9.17. The second-order valence-electron chi connectivity index (χ2n) is 11.7. The van der Waals surface area contributed by atoms with Gasteiger partial charge in [-0.2, -0.15) is 0 Å².